The first-order chi connectivity index (χ1) is 12.3. The van der Waals surface area contributed by atoms with Crippen LogP contribution in [0.3, 0.4) is 0 Å². The molecule has 142 valence electrons. The number of hydrogen-bond donors (Lipinski definition) is 0. The van der Waals surface area contributed by atoms with Crippen molar-refractivity contribution >= 4 is 21.8 Å². The monoisotopic (exact) mass is 379 g/mol. The lowest BCUT2D eigenvalue weighted by Crippen LogP contribution is -2.52. The largest absolute Gasteiger partial charge is 0.339 e. The van der Waals surface area contributed by atoms with Crippen LogP contribution in [-0.4, -0.2) is 73.6 Å². The first-order valence-corrected chi connectivity index (χ1v) is 10.4. The van der Waals surface area contributed by atoms with Gasteiger partial charge < -0.3 is 9.80 Å². The van der Waals surface area contributed by atoms with Gasteiger partial charge in [-0.05, 0) is 43.5 Å². The predicted molar refractivity (Wildman–Crippen MR) is 97.1 cm³/mol. The van der Waals surface area contributed by atoms with Crippen LogP contribution in [0.1, 0.15) is 24.0 Å². The van der Waals surface area contributed by atoms with E-state index in [0.29, 0.717) is 31.0 Å². The van der Waals surface area contributed by atoms with Gasteiger partial charge in [0.15, 0.2) is 0 Å². The van der Waals surface area contributed by atoms with Gasteiger partial charge in [-0.15, -0.1) is 0 Å². The molecule has 1 aromatic rings. The Hall–Kier alpha value is -1.93. The zero-order valence-electron chi connectivity index (χ0n) is 15.3. The summed E-state index contributed by atoms with van der Waals surface area (Å²) in [7, 11) is -3.55. The second-order valence-corrected chi connectivity index (χ2v) is 8.89. The van der Waals surface area contributed by atoms with Crippen LogP contribution in [0.4, 0.5) is 0 Å². The van der Waals surface area contributed by atoms with Gasteiger partial charge in [-0.2, -0.15) is 4.31 Å². The molecular formula is C18H25N3O4S. The normalized spacial score (nSPS) is 19.2. The van der Waals surface area contributed by atoms with E-state index in [1.165, 1.54) is 4.31 Å². The maximum absolute atomic E-state index is 12.8. The van der Waals surface area contributed by atoms with Gasteiger partial charge in [-0.1, -0.05) is 6.07 Å². The highest BCUT2D eigenvalue weighted by atomic mass is 32.2. The Labute approximate surface area is 154 Å². The minimum absolute atomic E-state index is 0.0225. The molecular weight excluding hydrogens is 354 g/mol. The fraction of sp³-hybridized carbons (Fsp3) is 0.556. The van der Waals surface area contributed by atoms with Gasteiger partial charge in [0.05, 0.1) is 11.4 Å². The zero-order chi connectivity index (χ0) is 18.9. The molecule has 2 heterocycles. The molecule has 2 aliphatic rings. The Balaban J connectivity index is 1.61. The van der Waals surface area contributed by atoms with Crippen LogP contribution in [0.5, 0.6) is 0 Å². The minimum Gasteiger partial charge on any atom is -0.339 e. The first-order valence-electron chi connectivity index (χ1n) is 8.92. The number of carbonyl (C=O) groups excluding carboxylic acids is 2. The number of aryl methyl sites for hydroxylation is 2. The smallest absolute Gasteiger partial charge is 0.243 e. The molecule has 0 unspecified atom stereocenters. The van der Waals surface area contributed by atoms with Gasteiger partial charge in [-0.3, -0.25) is 9.59 Å². The lowest BCUT2D eigenvalue weighted by molar-refractivity contribution is -0.139. The van der Waals surface area contributed by atoms with Crippen LogP contribution in [0, 0.1) is 13.8 Å². The van der Waals surface area contributed by atoms with E-state index in [0.717, 1.165) is 17.5 Å². The summed E-state index contributed by atoms with van der Waals surface area (Å²) in [6, 6.07) is 5.14. The van der Waals surface area contributed by atoms with Crippen LogP contribution >= 0.6 is 0 Å². The van der Waals surface area contributed by atoms with Gasteiger partial charge in [0.2, 0.25) is 21.8 Å². The molecule has 3 rings (SSSR count). The average Bonchev–Trinajstić information content (AvgIpc) is 3.02. The summed E-state index contributed by atoms with van der Waals surface area (Å²) in [5, 5.41) is 0. The maximum Gasteiger partial charge on any atom is 0.243 e. The number of hydrogen-bond acceptors (Lipinski definition) is 4. The fourth-order valence-electron chi connectivity index (χ4n) is 3.34. The third-order valence-electron chi connectivity index (χ3n) is 5.20. The van der Waals surface area contributed by atoms with Crippen molar-refractivity contribution in [3.05, 3.63) is 29.3 Å². The molecule has 26 heavy (non-hydrogen) atoms. The topological polar surface area (TPSA) is 78.0 Å². The number of benzene rings is 1. The summed E-state index contributed by atoms with van der Waals surface area (Å²) >= 11 is 0. The lowest BCUT2D eigenvalue weighted by atomic mass is 10.1. The summed E-state index contributed by atoms with van der Waals surface area (Å²) in [6.07, 6.45) is 1.31. The Morgan fingerprint density at radius 2 is 1.73 bits per heavy atom. The molecule has 2 fully saturated rings. The van der Waals surface area contributed by atoms with Crippen LogP contribution < -0.4 is 0 Å². The molecule has 2 saturated heterocycles. The predicted octanol–water partition coefficient (Wildman–Crippen LogP) is 0.759. The van der Waals surface area contributed by atoms with E-state index in [9.17, 15) is 18.0 Å². The van der Waals surface area contributed by atoms with Gasteiger partial charge in [0.1, 0.15) is 0 Å². The summed E-state index contributed by atoms with van der Waals surface area (Å²) in [4.78, 5) is 27.6. The van der Waals surface area contributed by atoms with Gasteiger partial charge in [0, 0.05) is 39.1 Å². The molecule has 0 N–H and O–H groups in total. The van der Waals surface area contributed by atoms with Crippen molar-refractivity contribution < 1.29 is 18.0 Å². The Kier molecular flexibility index (Phi) is 5.34. The second-order valence-electron chi connectivity index (χ2n) is 6.95. The van der Waals surface area contributed by atoms with E-state index in [1.807, 2.05) is 19.9 Å². The Bertz CT molecular complexity index is 814. The average molecular weight is 379 g/mol. The molecule has 1 aromatic carbocycles. The van der Waals surface area contributed by atoms with Crippen LogP contribution in [0.25, 0.3) is 0 Å². The molecule has 0 aliphatic carbocycles. The van der Waals surface area contributed by atoms with E-state index < -0.39 is 10.0 Å². The molecule has 0 spiro atoms. The van der Waals surface area contributed by atoms with Crippen molar-refractivity contribution in [1.29, 1.82) is 0 Å². The van der Waals surface area contributed by atoms with E-state index in [2.05, 4.69) is 0 Å². The third-order valence-corrected chi connectivity index (χ3v) is 7.10. The molecule has 7 nitrogen and oxygen atoms in total. The fourth-order valence-corrected chi connectivity index (χ4v) is 4.84. The molecule has 2 amide bonds. The van der Waals surface area contributed by atoms with E-state index in [4.69, 9.17) is 0 Å². The van der Waals surface area contributed by atoms with Crippen molar-refractivity contribution in [3.63, 3.8) is 0 Å². The molecule has 8 heteroatoms. The molecule has 0 bridgehead atoms. The summed E-state index contributed by atoms with van der Waals surface area (Å²) in [5.41, 5.74) is 1.99. The van der Waals surface area contributed by atoms with Crippen molar-refractivity contribution in [2.24, 2.45) is 0 Å². The highest BCUT2D eigenvalue weighted by molar-refractivity contribution is 7.89. The number of piperazine rings is 1. The van der Waals surface area contributed by atoms with E-state index in [1.54, 1.807) is 21.9 Å². The van der Waals surface area contributed by atoms with Gasteiger partial charge in [0.25, 0.3) is 0 Å². The highest BCUT2D eigenvalue weighted by Crippen LogP contribution is 2.20. The number of carbonyl (C=O) groups is 2. The first kappa shape index (κ1) is 18.8. The number of amides is 2. The zero-order valence-corrected chi connectivity index (χ0v) is 16.1. The van der Waals surface area contributed by atoms with Crippen molar-refractivity contribution in [1.82, 2.24) is 14.1 Å². The third kappa shape index (κ3) is 3.76. The second kappa shape index (κ2) is 7.36. The standard InChI is InChI=1S/C18H25N3O4S/c1-14-5-6-16(12-15(14)2)26(24,25)21-10-8-19(9-11-21)18(23)13-20-7-3-4-17(20)22/h5-6,12H,3-4,7-11,13H2,1-2H3. The summed E-state index contributed by atoms with van der Waals surface area (Å²) in [6.45, 7) is 5.82. The highest BCUT2D eigenvalue weighted by Gasteiger charge is 2.31. The van der Waals surface area contributed by atoms with Crippen molar-refractivity contribution in [3.8, 4) is 0 Å². The number of rotatable bonds is 4. The van der Waals surface area contributed by atoms with Crippen LogP contribution in [0.2, 0.25) is 0 Å². The SMILES string of the molecule is Cc1ccc(S(=O)(=O)N2CCN(C(=O)CN3CCCC3=O)CC2)cc1C. The van der Waals surface area contributed by atoms with E-state index >= 15 is 0 Å². The van der Waals surface area contributed by atoms with Gasteiger partial charge >= 0.3 is 0 Å². The number of sulfonamides is 1. The molecule has 2 aliphatic heterocycles. The van der Waals surface area contributed by atoms with Crippen molar-refractivity contribution in [2.45, 2.75) is 31.6 Å². The molecule has 0 aromatic heterocycles. The molecule has 0 atom stereocenters. The Morgan fingerprint density at radius 1 is 1.04 bits per heavy atom. The number of likely N-dealkylation sites (tertiary alicyclic amines) is 1. The molecule has 0 radical (unpaired) electrons. The summed E-state index contributed by atoms with van der Waals surface area (Å²) in [5.74, 6) is -0.0854. The van der Waals surface area contributed by atoms with E-state index in [-0.39, 0.29) is 31.4 Å². The number of nitrogens with zero attached hydrogens (tertiary/aromatic N) is 3. The van der Waals surface area contributed by atoms with Gasteiger partial charge in [-0.25, -0.2) is 8.42 Å². The minimum atomic E-state index is -3.55. The summed E-state index contributed by atoms with van der Waals surface area (Å²) < 4.78 is 27.1. The molecule has 0 saturated carbocycles. The quantitative estimate of drug-likeness (QED) is 0.774. The maximum atomic E-state index is 12.8. The lowest BCUT2D eigenvalue weighted by Gasteiger charge is -2.34. The van der Waals surface area contributed by atoms with Crippen LogP contribution in [0.15, 0.2) is 23.1 Å². The Morgan fingerprint density at radius 3 is 2.31 bits per heavy atom. The van der Waals surface area contributed by atoms with Crippen molar-refractivity contribution in [2.75, 3.05) is 39.3 Å². The van der Waals surface area contributed by atoms with Crippen LogP contribution in [-0.2, 0) is 19.6 Å².